The molecule has 0 aliphatic heterocycles. The zero-order valence-corrected chi connectivity index (χ0v) is 9.18. The molecule has 6 heteroatoms. The Hall–Kier alpha value is -1.01. The van der Waals surface area contributed by atoms with Crippen LogP contribution in [-0.4, -0.2) is 9.97 Å². The van der Waals surface area contributed by atoms with Crippen molar-refractivity contribution in [2.45, 2.75) is 0 Å². The average molecular weight is 275 g/mol. The Bertz CT molecular complexity index is 448. The van der Waals surface area contributed by atoms with Gasteiger partial charge in [0.1, 0.15) is 10.4 Å². The highest BCUT2D eigenvalue weighted by molar-refractivity contribution is 9.10. The highest BCUT2D eigenvalue weighted by atomic mass is 79.9. The van der Waals surface area contributed by atoms with Gasteiger partial charge in [-0.2, -0.15) is 4.98 Å². The van der Waals surface area contributed by atoms with Gasteiger partial charge in [0.25, 0.3) is 5.19 Å². The van der Waals surface area contributed by atoms with Crippen LogP contribution < -0.4 is 4.74 Å². The zero-order valence-electron chi connectivity index (χ0n) is 6.78. The summed E-state index contributed by atoms with van der Waals surface area (Å²) >= 11 is 4.51. The third-order valence-corrected chi connectivity index (χ3v) is 2.77. The second-order valence-electron chi connectivity index (χ2n) is 2.38. The first-order valence-electron chi connectivity index (χ1n) is 3.63. The Labute approximate surface area is 91.7 Å². The topological polar surface area (TPSA) is 35.0 Å². The molecule has 0 N–H and O–H groups in total. The number of thiazole rings is 1. The molecule has 0 saturated carbocycles. The van der Waals surface area contributed by atoms with Crippen molar-refractivity contribution in [3.63, 3.8) is 0 Å². The van der Waals surface area contributed by atoms with Gasteiger partial charge in [-0.25, -0.2) is 4.39 Å². The Kier molecular flexibility index (Phi) is 2.74. The van der Waals surface area contributed by atoms with Crippen LogP contribution >= 0.6 is 27.3 Å². The Morgan fingerprint density at radius 1 is 1.43 bits per heavy atom. The van der Waals surface area contributed by atoms with Gasteiger partial charge in [0.2, 0.25) is 0 Å². The molecule has 0 radical (unpaired) electrons. The molecule has 2 heterocycles. The fraction of sp³-hybridized carbons (Fsp3) is 0. The van der Waals surface area contributed by atoms with Crippen molar-refractivity contribution in [1.82, 2.24) is 9.97 Å². The van der Waals surface area contributed by atoms with Gasteiger partial charge in [-0.3, -0.25) is 4.98 Å². The Morgan fingerprint density at radius 2 is 2.29 bits per heavy atom. The summed E-state index contributed by atoms with van der Waals surface area (Å²) in [4.78, 5) is 7.65. The minimum absolute atomic E-state index is 0.340. The summed E-state index contributed by atoms with van der Waals surface area (Å²) in [7, 11) is 0. The van der Waals surface area contributed by atoms with Gasteiger partial charge in [-0.1, -0.05) is 11.3 Å². The number of nitrogens with zero attached hydrogens (tertiary/aromatic N) is 2. The molecular weight excluding hydrogens is 271 g/mol. The van der Waals surface area contributed by atoms with Crippen molar-refractivity contribution in [2.75, 3.05) is 0 Å². The molecule has 0 spiro atoms. The first-order chi connectivity index (χ1) is 6.74. The summed E-state index contributed by atoms with van der Waals surface area (Å²) in [6.07, 6.45) is 2.54. The maximum absolute atomic E-state index is 12.7. The minimum Gasteiger partial charge on any atom is -0.429 e. The van der Waals surface area contributed by atoms with E-state index in [2.05, 4.69) is 25.9 Å². The predicted molar refractivity (Wildman–Crippen MR) is 54.1 cm³/mol. The molecule has 0 amide bonds. The van der Waals surface area contributed by atoms with Crippen LogP contribution in [0.15, 0.2) is 28.4 Å². The average Bonchev–Trinajstić information content (AvgIpc) is 2.51. The van der Waals surface area contributed by atoms with Crippen LogP contribution in [0.5, 0.6) is 10.9 Å². The fourth-order valence-corrected chi connectivity index (χ4v) is 1.94. The van der Waals surface area contributed by atoms with Crippen LogP contribution in [0, 0.1) is 5.82 Å². The number of hydrogen-bond acceptors (Lipinski definition) is 4. The van der Waals surface area contributed by atoms with E-state index in [0.717, 1.165) is 6.20 Å². The standard InChI is InChI=1S/C8H4BrFN2OS/c9-7-4-14-8(12-7)13-6-1-5(10)2-11-3-6/h1-4H. The number of aromatic nitrogens is 2. The van der Waals surface area contributed by atoms with Gasteiger partial charge < -0.3 is 4.74 Å². The van der Waals surface area contributed by atoms with Gasteiger partial charge in [0.15, 0.2) is 5.75 Å². The number of rotatable bonds is 2. The van der Waals surface area contributed by atoms with Crippen molar-refractivity contribution < 1.29 is 9.13 Å². The molecule has 0 bridgehead atoms. The summed E-state index contributed by atoms with van der Waals surface area (Å²) in [5, 5.41) is 2.23. The zero-order chi connectivity index (χ0) is 9.97. The molecule has 0 fully saturated rings. The van der Waals surface area contributed by atoms with E-state index in [1.54, 1.807) is 5.38 Å². The lowest BCUT2D eigenvalue weighted by atomic mass is 10.4. The van der Waals surface area contributed by atoms with E-state index < -0.39 is 5.82 Å². The molecule has 2 rings (SSSR count). The smallest absolute Gasteiger partial charge is 0.279 e. The van der Waals surface area contributed by atoms with Gasteiger partial charge in [0.05, 0.1) is 12.4 Å². The van der Waals surface area contributed by atoms with E-state index >= 15 is 0 Å². The first-order valence-corrected chi connectivity index (χ1v) is 5.31. The quantitative estimate of drug-likeness (QED) is 0.844. The minimum atomic E-state index is -0.432. The lowest BCUT2D eigenvalue weighted by Gasteiger charge is -1.99. The van der Waals surface area contributed by atoms with Crippen LogP contribution in [0.4, 0.5) is 4.39 Å². The lowest BCUT2D eigenvalue weighted by Crippen LogP contribution is -1.85. The third-order valence-electron chi connectivity index (χ3n) is 1.34. The van der Waals surface area contributed by atoms with Gasteiger partial charge in [0, 0.05) is 11.4 Å². The van der Waals surface area contributed by atoms with Crippen molar-refractivity contribution in [1.29, 1.82) is 0 Å². The van der Waals surface area contributed by atoms with Gasteiger partial charge in [-0.15, -0.1) is 0 Å². The fourth-order valence-electron chi connectivity index (χ4n) is 0.835. The van der Waals surface area contributed by atoms with Crippen molar-refractivity contribution in [3.8, 4) is 10.9 Å². The largest absolute Gasteiger partial charge is 0.429 e. The molecule has 0 saturated heterocycles. The second kappa shape index (κ2) is 4.02. The summed E-state index contributed by atoms with van der Waals surface area (Å²) in [6.45, 7) is 0. The second-order valence-corrected chi connectivity index (χ2v) is 4.01. The van der Waals surface area contributed by atoms with E-state index in [0.29, 0.717) is 15.5 Å². The van der Waals surface area contributed by atoms with Crippen LogP contribution in [0.1, 0.15) is 0 Å². The highest BCUT2D eigenvalue weighted by Crippen LogP contribution is 2.26. The normalized spacial score (nSPS) is 10.1. The maximum Gasteiger partial charge on any atom is 0.279 e. The number of ether oxygens (including phenoxy) is 1. The summed E-state index contributed by atoms with van der Waals surface area (Å²) in [5.74, 6) is -0.0926. The Balaban J connectivity index is 2.18. The van der Waals surface area contributed by atoms with E-state index in [4.69, 9.17) is 4.74 Å². The third kappa shape index (κ3) is 2.27. The van der Waals surface area contributed by atoms with Crippen LogP contribution in [-0.2, 0) is 0 Å². The summed E-state index contributed by atoms with van der Waals surface area (Å²) in [5.41, 5.74) is 0. The van der Waals surface area contributed by atoms with Gasteiger partial charge in [-0.05, 0) is 15.9 Å². The molecule has 2 aromatic heterocycles. The van der Waals surface area contributed by atoms with E-state index in [-0.39, 0.29) is 0 Å². The van der Waals surface area contributed by atoms with Crippen molar-refractivity contribution in [3.05, 3.63) is 34.3 Å². The first kappa shape index (κ1) is 9.54. The molecule has 14 heavy (non-hydrogen) atoms. The van der Waals surface area contributed by atoms with E-state index in [1.807, 2.05) is 0 Å². The lowest BCUT2D eigenvalue weighted by molar-refractivity contribution is 0.469. The highest BCUT2D eigenvalue weighted by Gasteiger charge is 2.03. The predicted octanol–water partition coefficient (Wildman–Crippen LogP) is 3.23. The molecule has 2 aromatic rings. The molecule has 0 aromatic carbocycles. The molecule has 3 nitrogen and oxygen atoms in total. The SMILES string of the molecule is Fc1cncc(Oc2nc(Br)cs2)c1. The molecule has 0 unspecified atom stereocenters. The number of hydrogen-bond donors (Lipinski definition) is 0. The van der Waals surface area contributed by atoms with Crippen LogP contribution in [0.3, 0.4) is 0 Å². The maximum atomic E-state index is 12.7. The summed E-state index contributed by atoms with van der Waals surface area (Å²) < 4.78 is 18.7. The molecule has 0 aliphatic rings. The van der Waals surface area contributed by atoms with Gasteiger partial charge >= 0.3 is 0 Å². The number of halogens is 2. The number of pyridine rings is 1. The van der Waals surface area contributed by atoms with Crippen molar-refractivity contribution >= 4 is 27.3 Å². The monoisotopic (exact) mass is 274 g/mol. The van der Waals surface area contributed by atoms with Crippen LogP contribution in [0.25, 0.3) is 0 Å². The molecular formula is C8H4BrFN2OS. The molecule has 0 aliphatic carbocycles. The van der Waals surface area contributed by atoms with E-state index in [1.165, 1.54) is 23.6 Å². The molecule has 0 atom stereocenters. The summed E-state index contributed by atoms with van der Waals surface area (Å²) in [6, 6.07) is 1.25. The van der Waals surface area contributed by atoms with Crippen LogP contribution in [0.2, 0.25) is 0 Å². The van der Waals surface area contributed by atoms with E-state index in [9.17, 15) is 4.39 Å². The van der Waals surface area contributed by atoms with Crippen molar-refractivity contribution in [2.24, 2.45) is 0 Å². The molecule has 72 valence electrons. The Morgan fingerprint density at radius 3 is 2.93 bits per heavy atom.